The van der Waals surface area contributed by atoms with Gasteiger partial charge in [0.15, 0.2) is 11.5 Å². The summed E-state index contributed by atoms with van der Waals surface area (Å²) < 4.78 is 10.6. The fraction of sp³-hybridized carbons (Fsp3) is 0.471. The SMILES string of the molecule is CCCN(CCC)C(=O)c1c[nH]c2cc(OC)c(OC)cc12. The third-order valence-electron chi connectivity index (χ3n) is 3.69. The van der Waals surface area contributed by atoms with E-state index in [1.807, 2.05) is 17.0 Å². The molecule has 0 bridgehead atoms. The van der Waals surface area contributed by atoms with Gasteiger partial charge in [0, 0.05) is 30.7 Å². The fourth-order valence-corrected chi connectivity index (χ4v) is 2.65. The lowest BCUT2D eigenvalue weighted by Crippen LogP contribution is -2.32. The predicted octanol–water partition coefficient (Wildman–Crippen LogP) is 3.45. The minimum Gasteiger partial charge on any atom is -0.493 e. The second-order valence-corrected chi connectivity index (χ2v) is 5.25. The van der Waals surface area contributed by atoms with Gasteiger partial charge in [0.25, 0.3) is 5.91 Å². The van der Waals surface area contributed by atoms with Crippen LogP contribution in [0.2, 0.25) is 0 Å². The lowest BCUT2D eigenvalue weighted by atomic mass is 10.1. The second kappa shape index (κ2) is 7.20. The van der Waals surface area contributed by atoms with Gasteiger partial charge in [-0.2, -0.15) is 0 Å². The van der Waals surface area contributed by atoms with Gasteiger partial charge < -0.3 is 19.4 Å². The average Bonchev–Trinajstić information content (AvgIpc) is 2.95. The second-order valence-electron chi connectivity index (χ2n) is 5.25. The van der Waals surface area contributed by atoms with Crippen LogP contribution in [0.25, 0.3) is 10.9 Å². The number of aromatic nitrogens is 1. The Morgan fingerprint density at radius 1 is 1.09 bits per heavy atom. The first kappa shape index (κ1) is 16.2. The molecule has 1 amide bonds. The molecule has 0 aliphatic rings. The van der Waals surface area contributed by atoms with Crippen LogP contribution < -0.4 is 9.47 Å². The van der Waals surface area contributed by atoms with E-state index in [1.54, 1.807) is 20.4 Å². The average molecular weight is 304 g/mol. The summed E-state index contributed by atoms with van der Waals surface area (Å²) in [5.41, 5.74) is 1.55. The predicted molar refractivity (Wildman–Crippen MR) is 87.9 cm³/mol. The van der Waals surface area contributed by atoms with E-state index in [9.17, 15) is 4.79 Å². The monoisotopic (exact) mass is 304 g/mol. The quantitative estimate of drug-likeness (QED) is 0.852. The van der Waals surface area contributed by atoms with Gasteiger partial charge in [0.05, 0.1) is 25.3 Å². The number of nitrogens with one attached hydrogen (secondary N) is 1. The van der Waals surface area contributed by atoms with E-state index in [-0.39, 0.29) is 5.91 Å². The zero-order valence-electron chi connectivity index (χ0n) is 13.7. The van der Waals surface area contributed by atoms with Gasteiger partial charge in [-0.15, -0.1) is 0 Å². The normalized spacial score (nSPS) is 10.7. The van der Waals surface area contributed by atoms with E-state index in [0.717, 1.165) is 36.8 Å². The number of ether oxygens (including phenoxy) is 2. The van der Waals surface area contributed by atoms with Gasteiger partial charge in [0.2, 0.25) is 0 Å². The van der Waals surface area contributed by atoms with Crippen LogP contribution >= 0.6 is 0 Å². The van der Waals surface area contributed by atoms with Crippen LogP contribution in [0.3, 0.4) is 0 Å². The first-order valence-corrected chi connectivity index (χ1v) is 7.68. The third kappa shape index (κ3) is 3.03. The summed E-state index contributed by atoms with van der Waals surface area (Å²) in [6.45, 7) is 5.71. The molecule has 1 aromatic carbocycles. The Morgan fingerprint density at radius 3 is 2.23 bits per heavy atom. The molecule has 0 atom stereocenters. The number of amides is 1. The summed E-state index contributed by atoms with van der Waals surface area (Å²) in [5.74, 6) is 1.33. The molecule has 120 valence electrons. The number of hydrogen-bond donors (Lipinski definition) is 1. The minimum atomic E-state index is 0.0576. The Balaban J connectivity index is 2.44. The molecular formula is C17H24N2O3. The molecule has 0 radical (unpaired) electrons. The van der Waals surface area contributed by atoms with Crippen LogP contribution in [0.5, 0.6) is 11.5 Å². The standard InChI is InChI=1S/C17H24N2O3/c1-5-7-19(8-6-2)17(20)13-11-18-14-10-16(22-4)15(21-3)9-12(13)14/h9-11,18H,5-8H2,1-4H3. The van der Waals surface area contributed by atoms with Gasteiger partial charge in [-0.25, -0.2) is 0 Å². The summed E-state index contributed by atoms with van der Waals surface area (Å²) in [6.07, 6.45) is 3.67. The number of nitrogens with zero attached hydrogens (tertiary/aromatic N) is 1. The molecule has 1 heterocycles. The van der Waals surface area contributed by atoms with Gasteiger partial charge >= 0.3 is 0 Å². The molecule has 1 N–H and O–H groups in total. The number of aromatic amines is 1. The maximum Gasteiger partial charge on any atom is 0.256 e. The Morgan fingerprint density at radius 2 is 1.68 bits per heavy atom. The van der Waals surface area contributed by atoms with Crippen LogP contribution in [0.1, 0.15) is 37.0 Å². The van der Waals surface area contributed by atoms with E-state index >= 15 is 0 Å². The largest absolute Gasteiger partial charge is 0.493 e. The number of fused-ring (bicyclic) bond motifs is 1. The van der Waals surface area contributed by atoms with E-state index in [4.69, 9.17) is 9.47 Å². The summed E-state index contributed by atoms with van der Waals surface area (Å²) in [4.78, 5) is 17.8. The van der Waals surface area contributed by atoms with Crippen molar-refractivity contribution in [3.63, 3.8) is 0 Å². The first-order chi connectivity index (χ1) is 10.7. The molecule has 5 heteroatoms. The molecule has 2 rings (SSSR count). The Kier molecular flexibility index (Phi) is 5.31. The molecule has 1 aromatic heterocycles. The lowest BCUT2D eigenvalue weighted by Gasteiger charge is -2.21. The molecule has 22 heavy (non-hydrogen) atoms. The molecule has 0 fully saturated rings. The van der Waals surface area contributed by atoms with Crippen molar-refractivity contribution in [1.29, 1.82) is 0 Å². The number of carbonyl (C=O) groups is 1. The van der Waals surface area contributed by atoms with Crippen molar-refractivity contribution in [3.8, 4) is 11.5 Å². The van der Waals surface area contributed by atoms with Crippen LogP contribution in [0, 0.1) is 0 Å². The highest BCUT2D eigenvalue weighted by molar-refractivity contribution is 6.07. The number of methoxy groups -OCH3 is 2. The lowest BCUT2D eigenvalue weighted by molar-refractivity contribution is 0.0757. The molecule has 0 saturated heterocycles. The molecule has 0 unspecified atom stereocenters. The zero-order valence-corrected chi connectivity index (χ0v) is 13.7. The van der Waals surface area contributed by atoms with Gasteiger partial charge in [-0.05, 0) is 18.9 Å². The molecule has 0 spiro atoms. The highest BCUT2D eigenvalue weighted by Gasteiger charge is 2.19. The topological polar surface area (TPSA) is 54.6 Å². The van der Waals surface area contributed by atoms with Crippen LogP contribution in [-0.4, -0.2) is 43.1 Å². The first-order valence-electron chi connectivity index (χ1n) is 7.68. The van der Waals surface area contributed by atoms with Crippen LogP contribution in [0.15, 0.2) is 18.3 Å². The maximum absolute atomic E-state index is 12.8. The highest BCUT2D eigenvalue weighted by Crippen LogP contribution is 2.33. The van der Waals surface area contributed by atoms with Crippen molar-refractivity contribution in [2.45, 2.75) is 26.7 Å². The minimum absolute atomic E-state index is 0.0576. The number of benzene rings is 1. The molecule has 0 saturated carbocycles. The third-order valence-corrected chi connectivity index (χ3v) is 3.69. The van der Waals surface area contributed by atoms with Crippen molar-refractivity contribution in [1.82, 2.24) is 9.88 Å². The van der Waals surface area contributed by atoms with Crippen molar-refractivity contribution >= 4 is 16.8 Å². The van der Waals surface area contributed by atoms with Gasteiger partial charge in [0.1, 0.15) is 0 Å². The summed E-state index contributed by atoms with van der Waals surface area (Å²) in [5, 5.41) is 0.861. The Bertz CT molecular complexity index is 643. The Labute approximate surface area is 131 Å². The van der Waals surface area contributed by atoms with Crippen molar-refractivity contribution in [3.05, 3.63) is 23.9 Å². The summed E-state index contributed by atoms with van der Waals surface area (Å²) in [6, 6.07) is 3.71. The van der Waals surface area contributed by atoms with Gasteiger partial charge in [-0.3, -0.25) is 4.79 Å². The zero-order chi connectivity index (χ0) is 16.1. The van der Waals surface area contributed by atoms with Crippen molar-refractivity contribution < 1.29 is 14.3 Å². The van der Waals surface area contributed by atoms with E-state index in [0.29, 0.717) is 17.1 Å². The molecular weight excluding hydrogens is 280 g/mol. The fourth-order valence-electron chi connectivity index (χ4n) is 2.65. The smallest absolute Gasteiger partial charge is 0.256 e. The van der Waals surface area contributed by atoms with Crippen molar-refractivity contribution in [2.24, 2.45) is 0 Å². The number of carbonyl (C=O) groups excluding carboxylic acids is 1. The highest BCUT2D eigenvalue weighted by atomic mass is 16.5. The number of rotatable bonds is 7. The summed E-state index contributed by atoms with van der Waals surface area (Å²) in [7, 11) is 3.20. The van der Waals surface area contributed by atoms with Crippen molar-refractivity contribution in [2.75, 3.05) is 27.3 Å². The molecule has 0 aliphatic carbocycles. The molecule has 2 aromatic rings. The maximum atomic E-state index is 12.8. The van der Waals surface area contributed by atoms with E-state index in [2.05, 4.69) is 18.8 Å². The Hall–Kier alpha value is -2.17. The van der Waals surface area contributed by atoms with Gasteiger partial charge in [-0.1, -0.05) is 13.8 Å². The number of H-pyrrole nitrogens is 1. The van der Waals surface area contributed by atoms with E-state index in [1.165, 1.54) is 0 Å². The summed E-state index contributed by atoms with van der Waals surface area (Å²) >= 11 is 0. The molecule has 0 aliphatic heterocycles. The van der Waals surface area contributed by atoms with Crippen LogP contribution in [-0.2, 0) is 0 Å². The number of hydrogen-bond acceptors (Lipinski definition) is 3. The van der Waals surface area contributed by atoms with E-state index < -0.39 is 0 Å². The van der Waals surface area contributed by atoms with Crippen LogP contribution in [0.4, 0.5) is 0 Å². The molecule has 5 nitrogen and oxygen atoms in total.